The summed E-state index contributed by atoms with van der Waals surface area (Å²) in [5.41, 5.74) is 2.99. The van der Waals surface area contributed by atoms with E-state index in [0.717, 1.165) is 22.9 Å². The fourth-order valence-corrected chi connectivity index (χ4v) is 2.41. The zero-order valence-electron chi connectivity index (χ0n) is 13.5. The van der Waals surface area contributed by atoms with Crippen LogP contribution in [0, 0.1) is 19.7 Å². The van der Waals surface area contributed by atoms with Crippen LogP contribution in [0.15, 0.2) is 36.4 Å². The Morgan fingerprint density at radius 3 is 2.62 bits per heavy atom. The lowest BCUT2D eigenvalue weighted by Crippen LogP contribution is -2.29. The first-order chi connectivity index (χ1) is 11.5. The molecule has 2 aromatic heterocycles. The number of nitrogens with zero attached hydrogens (tertiary/aromatic N) is 3. The fraction of sp³-hybridized carbons (Fsp3) is 0.235. The number of carbonyl (C=O) groups excluding carboxylic acids is 1. The third-order valence-corrected chi connectivity index (χ3v) is 3.50. The van der Waals surface area contributed by atoms with E-state index in [4.69, 9.17) is 0 Å². The highest BCUT2D eigenvalue weighted by Gasteiger charge is 2.07. The number of rotatable bonds is 5. The van der Waals surface area contributed by atoms with Crippen molar-refractivity contribution in [1.82, 2.24) is 19.9 Å². The van der Waals surface area contributed by atoms with Crippen LogP contribution in [0.5, 0.6) is 0 Å². The van der Waals surface area contributed by atoms with Gasteiger partial charge in [-0.1, -0.05) is 0 Å². The number of aromatic nitrogens is 3. The van der Waals surface area contributed by atoms with Gasteiger partial charge >= 0.3 is 0 Å². The van der Waals surface area contributed by atoms with Crippen molar-refractivity contribution < 1.29 is 9.18 Å². The minimum Gasteiger partial charge on any atom is -0.368 e. The van der Waals surface area contributed by atoms with Crippen molar-refractivity contribution in [2.75, 3.05) is 18.4 Å². The molecule has 6 nitrogen and oxygen atoms in total. The van der Waals surface area contributed by atoms with Gasteiger partial charge in [0.05, 0.1) is 5.69 Å². The summed E-state index contributed by atoms with van der Waals surface area (Å²) in [4.78, 5) is 16.4. The number of anilines is 1. The van der Waals surface area contributed by atoms with Crippen LogP contribution in [0.4, 0.5) is 10.2 Å². The summed E-state index contributed by atoms with van der Waals surface area (Å²) in [5.74, 6) is 0.226. The quantitative estimate of drug-likeness (QED) is 0.706. The molecule has 0 bridgehead atoms. The Kier molecular flexibility index (Phi) is 4.41. The van der Waals surface area contributed by atoms with E-state index in [1.165, 1.54) is 24.3 Å². The van der Waals surface area contributed by atoms with Crippen LogP contribution in [-0.4, -0.2) is 33.6 Å². The summed E-state index contributed by atoms with van der Waals surface area (Å²) in [5, 5.41) is 10.4. The average molecular weight is 327 g/mol. The number of aryl methyl sites for hydroxylation is 2. The smallest absolute Gasteiger partial charge is 0.251 e. The van der Waals surface area contributed by atoms with Crippen molar-refractivity contribution in [2.24, 2.45) is 0 Å². The minimum absolute atomic E-state index is 0.234. The summed E-state index contributed by atoms with van der Waals surface area (Å²) in [6.07, 6.45) is 0. The van der Waals surface area contributed by atoms with Crippen molar-refractivity contribution in [3.8, 4) is 0 Å². The maximum atomic E-state index is 12.9. The molecule has 24 heavy (non-hydrogen) atoms. The number of amides is 1. The van der Waals surface area contributed by atoms with E-state index in [2.05, 4.69) is 20.7 Å². The largest absolute Gasteiger partial charge is 0.368 e. The Bertz CT molecular complexity index is 873. The average Bonchev–Trinajstić information content (AvgIpc) is 2.92. The van der Waals surface area contributed by atoms with Gasteiger partial charge in [0.25, 0.3) is 5.91 Å². The number of hydrogen-bond donors (Lipinski definition) is 2. The van der Waals surface area contributed by atoms with Gasteiger partial charge in [-0.15, -0.1) is 0 Å². The summed E-state index contributed by atoms with van der Waals surface area (Å²) in [6.45, 7) is 4.80. The van der Waals surface area contributed by atoms with Gasteiger partial charge in [-0.3, -0.25) is 4.79 Å². The summed E-state index contributed by atoms with van der Waals surface area (Å²) < 4.78 is 14.6. The second-order valence-corrected chi connectivity index (χ2v) is 5.53. The molecule has 0 saturated carbocycles. The lowest BCUT2D eigenvalue weighted by molar-refractivity contribution is 0.0955. The summed E-state index contributed by atoms with van der Waals surface area (Å²) in [6, 6.07) is 9.27. The van der Waals surface area contributed by atoms with Gasteiger partial charge < -0.3 is 10.6 Å². The molecule has 2 heterocycles. The van der Waals surface area contributed by atoms with E-state index in [0.29, 0.717) is 18.7 Å². The van der Waals surface area contributed by atoms with E-state index in [-0.39, 0.29) is 11.7 Å². The molecule has 0 radical (unpaired) electrons. The molecule has 0 fully saturated rings. The van der Waals surface area contributed by atoms with E-state index in [9.17, 15) is 9.18 Å². The van der Waals surface area contributed by atoms with Gasteiger partial charge in [0.2, 0.25) is 0 Å². The Morgan fingerprint density at radius 2 is 1.88 bits per heavy atom. The van der Waals surface area contributed by atoms with Gasteiger partial charge in [-0.2, -0.15) is 9.61 Å². The molecule has 0 saturated heterocycles. The molecule has 3 rings (SSSR count). The number of nitrogens with one attached hydrogen (secondary N) is 2. The van der Waals surface area contributed by atoms with Crippen molar-refractivity contribution in [3.63, 3.8) is 0 Å². The van der Waals surface area contributed by atoms with Gasteiger partial charge in [0.15, 0.2) is 5.65 Å². The molecule has 7 heteroatoms. The standard InChI is InChI=1S/C17H18FN5O/c1-11-9-15(23-16(21-11)10-12(2)22-23)19-7-8-20-17(24)13-3-5-14(18)6-4-13/h3-6,9-10,19H,7-8H2,1-2H3,(H,20,24). The van der Waals surface area contributed by atoms with Gasteiger partial charge in [0.1, 0.15) is 11.6 Å². The van der Waals surface area contributed by atoms with Crippen molar-refractivity contribution >= 4 is 17.4 Å². The summed E-state index contributed by atoms with van der Waals surface area (Å²) >= 11 is 0. The first-order valence-corrected chi connectivity index (χ1v) is 7.64. The highest BCUT2D eigenvalue weighted by Crippen LogP contribution is 2.13. The predicted octanol–water partition coefficient (Wildman–Crippen LogP) is 2.33. The van der Waals surface area contributed by atoms with Crippen LogP contribution < -0.4 is 10.6 Å². The topological polar surface area (TPSA) is 71.3 Å². The molecule has 0 unspecified atom stereocenters. The first-order valence-electron chi connectivity index (χ1n) is 7.64. The van der Waals surface area contributed by atoms with Gasteiger partial charge in [-0.05, 0) is 38.1 Å². The summed E-state index contributed by atoms with van der Waals surface area (Å²) in [7, 11) is 0. The van der Waals surface area contributed by atoms with Crippen LogP contribution >= 0.6 is 0 Å². The molecule has 3 aromatic rings. The lowest BCUT2D eigenvalue weighted by Gasteiger charge is -2.10. The normalized spacial score (nSPS) is 10.8. The molecule has 2 N–H and O–H groups in total. The maximum Gasteiger partial charge on any atom is 0.251 e. The van der Waals surface area contributed by atoms with Gasteiger partial charge in [-0.25, -0.2) is 9.37 Å². The monoisotopic (exact) mass is 327 g/mol. The predicted molar refractivity (Wildman–Crippen MR) is 89.7 cm³/mol. The highest BCUT2D eigenvalue weighted by molar-refractivity contribution is 5.94. The third-order valence-electron chi connectivity index (χ3n) is 3.50. The number of fused-ring (bicyclic) bond motifs is 1. The van der Waals surface area contributed by atoms with Gasteiger partial charge in [0, 0.05) is 36.5 Å². The number of carbonyl (C=O) groups is 1. The maximum absolute atomic E-state index is 12.9. The van der Waals surface area contributed by atoms with Crippen molar-refractivity contribution in [1.29, 1.82) is 0 Å². The Labute approximate surface area is 138 Å². The van der Waals surface area contributed by atoms with E-state index >= 15 is 0 Å². The Hall–Kier alpha value is -2.96. The van der Waals surface area contributed by atoms with Crippen molar-refractivity contribution in [3.05, 3.63) is 59.2 Å². The highest BCUT2D eigenvalue weighted by atomic mass is 19.1. The molecule has 124 valence electrons. The zero-order chi connectivity index (χ0) is 17.1. The third kappa shape index (κ3) is 3.51. The zero-order valence-corrected chi connectivity index (χ0v) is 13.5. The Morgan fingerprint density at radius 1 is 1.12 bits per heavy atom. The van der Waals surface area contributed by atoms with E-state index in [1.54, 1.807) is 4.52 Å². The number of hydrogen-bond acceptors (Lipinski definition) is 4. The molecule has 1 amide bonds. The molecule has 0 spiro atoms. The lowest BCUT2D eigenvalue weighted by atomic mass is 10.2. The fourth-order valence-electron chi connectivity index (χ4n) is 2.41. The van der Waals surface area contributed by atoms with Crippen LogP contribution in [0.3, 0.4) is 0 Å². The minimum atomic E-state index is -0.361. The van der Waals surface area contributed by atoms with Crippen molar-refractivity contribution in [2.45, 2.75) is 13.8 Å². The van der Waals surface area contributed by atoms with Crippen LogP contribution in [0.25, 0.3) is 5.65 Å². The molecular weight excluding hydrogens is 309 g/mol. The number of halogens is 1. The molecule has 0 aliphatic heterocycles. The van der Waals surface area contributed by atoms with Crippen LogP contribution in [-0.2, 0) is 0 Å². The van der Waals surface area contributed by atoms with Crippen LogP contribution in [0.1, 0.15) is 21.7 Å². The SMILES string of the molecule is Cc1cc(NCCNC(=O)c2ccc(F)cc2)n2nc(C)cc2n1. The molecule has 0 aliphatic carbocycles. The van der Waals surface area contributed by atoms with E-state index in [1.807, 2.05) is 26.0 Å². The molecule has 0 aliphatic rings. The van der Waals surface area contributed by atoms with E-state index < -0.39 is 0 Å². The molecule has 0 atom stereocenters. The first kappa shape index (κ1) is 15.9. The second kappa shape index (κ2) is 6.66. The second-order valence-electron chi connectivity index (χ2n) is 5.53. The Balaban J connectivity index is 1.59. The molecular formula is C17H18FN5O. The molecule has 1 aromatic carbocycles. The number of benzene rings is 1. The van der Waals surface area contributed by atoms with Crippen LogP contribution in [0.2, 0.25) is 0 Å².